The quantitative estimate of drug-likeness (QED) is 0.0266. The van der Waals surface area contributed by atoms with Gasteiger partial charge in [0.2, 0.25) is 0 Å². The third-order valence-corrected chi connectivity index (χ3v) is 24.1. The lowest BCUT2D eigenvalue weighted by molar-refractivity contribution is 0.117. The van der Waals surface area contributed by atoms with Gasteiger partial charge in [-0.1, -0.05) is 335 Å². The van der Waals surface area contributed by atoms with E-state index in [0.29, 0.717) is 19.3 Å². The minimum atomic E-state index is -2.12. The second-order valence-corrected chi connectivity index (χ2v) is 30.6. The Balaban J connectivity index is 1.43. The van der Waals surface area contributed by atoms with Gasteiger partial charge in [0.15, 0.2) is 5.67 Å². The van der Waals surface area contributed by atoms with E-state index in [-0.39, 0.29) is 8.58 Å². The SMILES string of the molecule is CCCCCCCCCCCC(F)(/C(=C(Pc1ccc(CCCC)n1CCCC)/C1=C(\C(F)CCCCCCCCCC)CCCCCC1)C1(c2c(CCCCC)ccc3ccccc23)C=Cc2ccccc21)C1(c2c(CCCC)ccc3ccccc23)C=Cc2ccccc21. The predicted molar refractivity (Wildman–Crippen MR) is 418 cm³/mol. The van der Waals surface area contributed by atoms with Crippen molar-refractivity contribution in [2.45, 2.75) is 308 Å². The van der Waals surface area contributed by atoms with Gasteiger partial charge in [0.25, 0.3) is 0 Å². The molecule has 0 N–H and O–H groups in total. The first-order valence-electron chi connectivity index (χ1n) is 39.6. The van der Waals surface area contributed by atoms with Crippen molar-refractivity contribution in [3.05, 3.63) is 218 Å². The van der Waals surface area contributed by atoms with Gasteiger partial charge < -0.3 is 4.57 Å². The van der Waals surface area contributed by atoms with Gasteiger partial charge in [-0.05, 0) is 199 Å². The second-order valence-electron chi connectivity index (χ2n) is 29.4. The van der Waals surface area contributed by atoms with Crippen LogP contribution in [0.3, 0.4) is 0 Å². The Bertz CT molecular complexity index is 3700. The Morgan fingerprint density at radius 2 is 0.979 bits per heavy atom. The van der Waals surface area contributed by atoms with E-state index in [2.05, 4.69) is 204 Å². The highest BCUT2D eigenvalue weighted by Crippen LogP contribution is 2.67. The largest absolute Gasteiger partial charge is 0.345 e. The summed E-state index contributed by atoms with van der Waals surface area (Å²) in [5, 5.41) is 5.78. The molecule has 7 aromatic rings. The van der Waals surface area contributed by atoms with Crippen LogP contribution in [-0.4, -0.2) is 16.4 Å². The lowest BCUT2D eigenvalue weighted by Crippen LogP contribution is -2.54. The molecule has 3 aliphatic rings. The predicted octanol–water partition coefficient (Wildman–Crippen LogP) is 27.7. The number of nitrogens with zero attached hydrogens (tertiary/aromatic N) is 1. The summed E-state index contributed by atoms with van der Waals surface area (Å²) < 4.78 is 46.6. The van der Waals surface area contributed by atoms with Crippen molar-refractivity contribution in [3.63, 3.8) is 0 Å². The highest BCUT2D eigenvalue weighted by molar-refractivity contribution is 7.52. The van der Waals surface area contributed by atoms with Crippen molar-refractivity contribution in [1.29, 1.82) is 0 Å². The molecule has 0 saturated heterocycles. The normalized spacial score (nSPS) is 19.1. The van der Waals surface area contributed by atoms with Gasteiger partial charge in [0.05, 0.1) is 10.8 Å². The van der Waals surface area contributed by atoms with Crippen molar-refractivity contribution < 1.29 is 8.78 Å². The third-order valence-electron chi connectivity index (χ3n) is 22.6. The van der Waals surface area contributed by atoms with Crippen molar-refractivity contribution in [2.75, 3.05) is 0 Å². The molecule has 6 aromatic carbocycles. The van der Waals surface area contributed by atoms with Crippen LogP contribution in [0.5, 0.6) is 0 Å². The minimum Gasteiger partial charge on any atom is -0.345 e. The number of benzene rings is 6. The van der Waals surface area contributed by atoms with Crippen LogP contribution in [0.25, 0.3) is 33.7 Å². The van der Waals surface area contributed by atoms with E-state index >= 15 is 8.78 Å². The van der Waals surface area contributed by atoms with E-state index < -0.39 is 22.7 Å². The number of aromatic nitrogens is 1. The third kappa shape index (κ3) is 16.5. The highest BCUT2D eigenvalue weighted by Gasteiger charge is 2.64. The lowest BCUT2D eigenvalue weighted by atomic mass is 9.52. The summed E-state index contributed by atoms with van der Waals surface area (Å²) in [6.45, 7) is 14.8. The van der Waals surface area contributed by atoms with Crippen LogP contribution >= 0.6 is 8.58 Å². The Kier molecular flexibility index (Phi) is 28.2. The Morgan fingerprint density at radius 1 is 0.469 bits per heavy atom. The maximum atomic E-state index is 24.7. The number of rotatable bonds is 41. The zero-order valence-electron chi connectivity index (χ0n) is 60.7. The summed E-state index contributed by atoms with van der Waals surface area (Å²) in [7, 11) is 0.0721. The molecule has 5 atom stereocenters. The molecule has 0 fully saturated rings. The summed E-state index contributed by atoms with van der Waals surface area (Å²) in [5.74, 6) is 0. The fourth-order valence-corrected chi connectivity index (χ4v) is 19.3. The highest BCUT2D eigenvalue weighted by atomic mass is 31.1. The van der Waals surface area contributed by atoms with E-state index in [1.807, 2.05) is 0 Å². The molecule has 0 amide bonds. The Labute approximate surface area is 583 Å². The molecule has 1 heterocycles. The topological polar surface area (TPSA) is 4.93 Å². The Morgan fingerprint density at radius 3 is 1.64 bits per heavy atom. The van der Waals surface area contributed by atoms with Gasteiger partial charge in [0.1, 0.15) is 6.17 Å². The van der Waals surface area contributed by atoms with Gasteiger partial charge in [-0.3, -0.25) is 0 Å². The number of allylic oxidation sites excluding steroid dienone is 6. The van der Waals surface area contributed by atoms with Crippen LogP contribution in [0.1, 0.15) is 310 Å². The summed E-state index contributed by atoms with van der Waals surface area (Å²) in [6, 6.07) is 50.8. The molecule has 0 spiro atoms. The number of hydrogen-bond acceptors (Lipinski definition) is 0. The maximum absolute atomic E-state index is 24.7. The number of fused-ring (bicyclic) bond motifs is 4. The van der Waals surface area contributed by atoms with Gasteiger partial charge in [0, 0.05) is 17.7 Å². The molecule has 3 aliphatic carbocycles. The van der Waals surface area contributed by atoms with E-state index in [0.717, 1.165) is 221 Å². The number of aryl methyl sites for hydroxylation is 3. The zero-order valence-corrected chi connectivity index (χ0v) is 61.7. The average molecular weight is 1310 g/mol. The summed E-state index contributed by atoms with van der Waals surface area (Å²) in [4.78, 5) is 0. The van der Waals surface area contributed by atoms with E-state index in [9.17, 15) is 0 Å². The van der Waals surface area contributed by atoms with Crippen LogP contribution in [0.4, 0.5) is 8.78 Å². The number of unbranched alkanes of at least 4 members (excludes halogenated alkanes) is 20. The molecule has 0 aliphatic heterocycles. The second kappa shape index (κ2) is 37.0. The molecule has 0 saturated carbocycles. The van der Waals surface area contributed by atoms with Gasteiger partial charge in [-0.2, -0.15) is 0 Å². The molecular formula is C92H122F2NP. The van der Waals surface area contributed by atoms with Crippen molar-refractivity contribution in [2.24, 2.45) is 0 Å². The zero-order chi connectivity index (χ0) is 67.0. The van der Waals surface area contributed by atoms with Crippen LogP contribution < -0.4 is 5.44 Å². The standard InChI is InChI=1S/C92H122F2NP/c1-7-13-19-21-23-25-27-31-44-67-92(94,91(69-66-74-49-39-43-57-83(74)91)87-76(45-16-10-4)62-60-72-47-37-41-53-79(72)87)89(90(68-65-73-48-38-42-56-82(73)90)86-75(50-32-15-9-3)61-59-71-46-36-40-52-78(71)86)88(96-85-64-63-77(51-17-11-5)95(85)70-18-12-6)81-55-34-30-29-33-54-80(81)84(93)58-35-28-26-24-22-20-14-8-2/h36-43,46-49,52-53,56-57,59-66,68-69,84,96H,7-35,44-45,50-51,54-55,58,67,70H2,1-6H3/b81-80-,89-88-. The molecule has 10 rings (SSSR count). The van der Waals surface area contributed by atoms with Crippen LogP contribution in [-0.2, 0) is 36.6 Å². The van der Waals surface area contributed by atoms with Gasteiger partial charge >= 0.3 is 0 Å². The van der Waals surface area contributed by atoms with Crippen molar-refractivity contribution >= 4 is 47.7 Å². The molecule has 0 bridgehead atoms. The average Bonchev–Trinajstić information content (AvgIpc) is 1.11. The lowest BCUT2D eigenvalue weighted by Gasteiger charge is -2.52. The van der Waals surface area contributed by atoms with E-state index in [1.54, 1.807) is 0 Å². The first-order chi connectivity index (χ1) is 47.2. The molecule has 4 heteroatoms. The summed E-state index contributed by atoms with van der Waals surface area (Å²) in [5.41, 5.74) is 10.5. The van der Waals surface area contributed by atoms with E-state index in [4.69, 9.17) is 0 Å². The molecule has 0 radical (unpaired) electrons. The summed E-state index contributed by atoms with van der Waals surface area (Å²) in [6.07, 6.45) is 46.9. The molecule has 1 aromatic heterocycles. The van der Waals surface area contributed by atoms with E-state index in [1.165, 1.54) is 103 Å². The summed E-state index contributed by atoms with van der Waals surface area (Å²) >= 11 is 0. The van der Waals surface area contributed by atoms with Crippen LogP contribution in [0.2, 0.25) is 0 Å². The van der Waals surface area contributed by atoms with Gasteiger partial charge in [-0.15, -0.1) is 0 Å². The van der Waals surface area contributed by atoms with Crippen molar-refractivity contribution in [1.82, 2.24) is 4.57 Å². The fraction of sp³-hybridized carbons (Fsp3) is 0.522. The monoisotopic (exact) mass is 1310 g/mol. The maximum Gasteiger partial charge on any atom is 0.151 e. The Hall–Kier alpha value is -5.63. The molecule has 1 nitrogen and oxygen atoms in total. The first kappa shape index (κ1) is 73.1. The van der Waals surface area contributed by atoms with Crippen molar-refractivity contribution in [3.8, 4) is 0 Å². The molecule has 5 unspecified atom stereocenters. The molecule has 514 valence electrons. The van der Waals surface area contributed by atoms with Crippen LogP contribution in [0, 0.1) is 0 Å². The minimum absolute atomic E-state index is 0.0721. The fourth-order valence-electron chi connectivity index (χ4n) is 17.5. The molecular weight excluding hydrogens is 1190 g/mol. The number of halogens is 2. The first-order valence-corrected chi connectivity index (χ1v) is 40.6. The number of alkyl halides is 2. The van der Waals surface area contributed by atoms with Gasteiger partial charge in [-0.25, -0.2) is 8.78 Å². The number of hydrogen-bond donors (Lipinski definition) is 0. The van der Waals surface area contributed by atoms with Crippen LogP contribution in [0.15, 0.2) is 168 Å². The smallest absolute Gasteiger partial charge is 0.151 e. The molecule has 96 heavy (non-hydrogen) atoms.